The zero-order chi connectivity index (χ0) is 32.4. The first-order chi connectivity index (χ1) is 20.0. The maximum Gasteiger partial charge on any atom is 0.509 e. The number of carbonyl (C=O) groups is 1. The fourth-order valence-electron chi connectivity index (χ4n) is 8.17. The molecule has 2 N–H and O–H groups in total. The summed E-state index contributed by atoms with van der Waals surface area (Å²) in [7, 11) is -4.46. The Morgan fingerprint density at radius 1 is 0.698 bits per heavy atom. The highest BCUT2D eigenvalue weighted by Crippen LogP contribution is 2.44. The summed E-state index contributed by atoms with van der Waals surface area (Å²) < 4.78 is 42.5. The Bertz CT molecular complexity index is 896. The van der Waals surface area contributed by atoms with Gasteiger partial charge >= 0.3 is 6.16 Å². The number of hydrogen-bond acceptors (Lipinski definition) is 10. The van der Waals surface area contributed by atoms with Crippen LogP contribution in [0.15, 0.2) is 12.3 Å². The van der Waals surface area contributed by atoms with E-state index in [1.807, 2.05) is 0 Å². The Morgan fingerprint density at radius 3 is 1.60 bits per heavy atom. The van der Waals surface area contributed by atoms with Gasteiger partial charge in [0.15, 0.2) is 26.8 Å². The molecule has 0 unspecified atom stereocenters. The van der Waals surface area contributed by atoms with Crippen molar-refractivity contribution in [3.63, 3.8) is 0 Å². The summed E-state index contributed by atoms with van der Waals surface area (Å²) in [4.78, 5) is 12.2. The number of carbonyl (C=O) groups excluding carboxylic acids is 1. The highest BCUT2D eigenvalue weighted by atomic mass is 28.4. The Morgan fingerprint density at radius 2 is 1.14 bits per heavy atom. The Balaban J connectivity index is 1.76. The van der Waals surface area contributed by atoms with Crippen molar-refractivity contribution in [1.29, 1.82) is 0 Å². The van der Waals surface area contributed by atoms with E-state index < -0.39 is 71.8 Å². The van der Waals surface area contributed by atoms with Gasteiger partial charge in [0, 0.05) is 0 Å². The van der Waals surface area contributed by atoms with Crippen molar-refractivity contribution in [3.8, 4) is 0 Å². The average molecular weight is 647 g/mol. The van der Waals surface area contributed by atoms with Crippen LogP contribution >= 0.6 is 0 Å². The molecule has 3 rings (SSSR count). The van der Waals surface area contributed by atoms with E-state index in [0.29, 0.717) is 33.2 Å². The number of rotatable bonds is 14. The maximum atomic E-state index is 12.2. The van der Waals surface area contributed by atoms with E-state index in [2.05, 4.69) is 83.1 Å². The number of hydrogen-bond donors (Lipinski definition) is 2. The zero-order valence-corrected chi connectivity index (χ0v) is 30.3. The van der Waals surface area contributed by atoms with E-state index in [0.717, 1.165) is 0 Å². The fraction of sp³-hybridized carbons (Fsp3) is 0.903. The minimum Gasteiger partial charge on any atom is -0.493 e. The minimum absolute atomic E-state index is 0.167. The van der Waals surface area contributed by atoms with Crippen LogP contribution in [0, 0.1) is 0 Å². The highest BCUT2D eigenvalue weighted by Gasteiger charge is 2.56. The lowest BCUT2D eigenvalue weighted by Gasteiger charge is -2.45. The SMILES string of the molecule is CC(C)[Si](OC[C@H]1OC=C[C@@H](O[C@@H]2O[C@H](CO[Si](C(C)C)(C(C)C)C(C)C)[C@@H]3OC(=O)O[C@@H]3[C@H]2O)[C@@H]1O)(C(C)C)C(C)C. The van der Waals surface area contributed by atoms with Gasteiger partial charge in [-0.25, -0.2) is 4.79 Å². The van der Waals surface area contributed by atoms with Crippen LogP contribution in [0.3, 0.4) is 0 Å². The van der Waals surface area contributed by atoms with Crippen molar-refractivity contribution in [3.05, 3.63) is 12.3 Å². The molecule has 3 aliphatic rings. The lowest BCUT2D eigenvalue weighted by molar-refractivity contribution is -0.299. The number of aliphatic hydroxyl groups excluding tert-OH is 2. The highest BCUT2D eigenvalue weighted by molar-refractivity contribution is 6.78. The summed E-state index contributed by atoms with van der Waals surface area (Å²) in [6.45, 7) is 26.8. The Labute approximate surface area is 261 Å². The lowest BCUT2D eigenvalue weighted by Crippen LogP contribution is -2.61. The monoisotopic (exact) mass is 646 g/mol. The number of ether oxygens (including phenoxy) is 5. The molecule has 12 heteroatoms. The molecule has 8 atom stereocenters. The van der Waals surface area contributed by atoms with Crippen LogP contribution in [-0.2, 0) is 32.5 Å². The van der Waals surface area contributed by atoms with Crippen LogP contribution in [0.5, 0.6) is 0 Å². The van der Waals surface area contributed by atoms with E-state index in [1.54, 1.807) is 6.08 Å². The molecular weight excluding hydrogens is 589 g/mol. The van der Waals surface area contributed by atoms with Gasteiger partial charge in [-0.3, -0.25) is 0 Å². The second-order valence-electron chi connectivity index (χ2n) is 14.3. The molecule has 2 fully saturated rings. The number of fused-ring (bicyclic) bond motifs is 1. The summed E-state index contributed by atoms with van der Waals surface area (Å²) in [6.07, 6.45) is -5.40. The first-order valence-electron chi connectivity index (χ1n) is 16.1. The number of aliphatic hydroxyl groups is 2. The molecule has 3 aliphatic heterocycles. The van der Waals surface area contributed by atoms with Crippen LogP contribution in [0.1, 0.15) is 83.1 Å². The molecular formula is C31H58O10Si2. The molecule has 0 spiro atoms. The summed E-state index contributed by atoms with van der Waals surface area (Å²) in [5.41, 5.74) is 2.18. The van der Waals surface area contributed by atoms with Crippen molar-refractivity contribution in [2.24, 2.45) is 0 Å². The summed E-state index contributed by atoms with van der Waals surface area (Å²) in [5.74, 6) is 0. The molecule has 0 saturated carbocycles. The van der Waals surface area contributed by atoms with E-state index in [9.17, 15) is 15.0 Å². The van der Waals surface area contributed by atoms with Gasteiger partial charge in [0.2, 0.25) is 8.32 Å². The van der Waals surface area contributed by atoms with Crippen LogP contribution in [-0.4, -0.2) is 95.2 Å². The van der Waals surface area contributed by atoms with Gasteiger partial charge in [-0.05, 0) is 39.3 Å². The van der Waals surface area contributed by atoms with Gasteiger partial charge in [-0.1, -0.05) is 83.1 Å². The van der Waals surface area contributed by atoms with Gasteiger partial charge in [-0.2, -0.15) is 0 Å². The van der Waals surface area contributed by atoms with Crippen molar-refractivity contribution >= 4 is 22.8 Å². The maximum absolute atomic E-state index is 12.2. The molecule has 2 saturated heterocycles. The third-order valence-corrected chi connectivity index (χ3v) is 22.2. The molecule has 0 aliphatic carbocycles. The predicted molar refractivity (Wildman–Crippen MR) is 169 cm³/mol. The van der Waals surface area contributed by atoms with Crippen molar-refractivity contribution < 1.29 is 47.5 Å². The predicted octanol–water partition coefficient (Wildman–Crippen LogP) is 6.02. The molecule has 0 aromatic rings. The minimum atomic E-state index is -2.27. The smallest absolute Gasteiger partial charge is 0.493 e. The summed E-state index contributed by atoms with van der Waals surface area (Å²) >= 11 is 0. The van der Waals surface area contributed by atoms with Gasteiger partial charge in [0.1, 0.15) is 30.5 Å². The van der Waals surface area contributed by atoms with Gasteiger partial charge in [0.05, 0.1) is 19.5 Å². The van der Waals surface area contributed by atoms with E-state index in [4.69, 9.17) is 32.5 Å². The van der Waals surface area contributed by atoms with Gasteiger partial charge in [0.25, 0.3) is 0 Å². The second kappa shape index (κ2) is 14.6. The fourth-order valence-corrected chi connectivity index (χ4v) is 19.1. The van der Waals surface area contributed by atoms with Crippen LogP contribution < -0.4 is 0 Å². The van der Waals surface area contributed by atoms with Crippen molar-refractivity contribution in [2.75, 3.05) is 13.2 Å². The molecule has 0 amide bonds. The van der Waals surface area contributed by atoms with E-state index >= 15 is 0 Å². The van der Waals surface area contributed by atoms with Crippen LogP contribution in [0.4, 0.5) is 4.79 Å². The zero-order valence-electron chi connectivity index (χ0n) is 28.3. The first kappa shape index (κ1) is 36.5. The molecule has 0 radical (unpaired) electrons. The van der Waals surface area contributed by atoms with Crippen molar-refractivity contribution in [1.82, 2.24) is 0 Å². The molecule has 0 aromatic carbocycles. The Hall–Kier alpha value is -0.996. The van der Waals surface area contributed by atoms with Gasteiger partial charge in [-0.15, -0.1) is 0 Å². The molecule has 0 bridgehead atoms. The van der Waals surface area contributed by atoms with Crippen molar-refractivity contribution in [2.45, 2.75) is 165 Å². The third kappa shape index (κ3) is 7.21. The molecule has 250 valence electrons. The molecule has 0 aromatic heterocycles. The normalized spacial score (nSPS) is 31.8. The molecule has 10 nitrogen and oxygen atoms in total. The summed E-state index contributed by atoms with van der Waals surface area (Å²) in [5, 5.41) is 22.5. The molecule has 3 heterocycles. The van der Waals surface area contributed by atoms with Crippen LogP contribution in [0.25, 0.3) is 0 Å². The Kier molecular flexibility index (Phi) is 12.4. The quantitative estimate of drug-likeness (QED) is 0.171. The van der Waals surface area contributed by atoms with E-state index in [-0.39, 0.29) is 13.2 Å². The van der Waals surface area contributed by atoms with Gasteiger partial charge < -0.3 is 42.7 Å². The molecule has 43 heavy (non-hydrogen) atoms. The average Bonchev–Trinajstić information content (AvgIpc) is 3.29. The third-order valence-electron chi connectivity index (χ3n) is 10.0. The largest absolute Gasteiger partial charge is 0.509 e. The standard InChI is InChI=1S/C31H58O10Si2/c1-17(2)42(18(3)4,19(5)6)36-15-24-26(32)23(13-14-35-24)38-30-27(33)29-28(40-31(34)41-29)25(39-30)16-37-43(20(7)8,21(9)10)22(11)12/h13-14,17-30,32-33H,15-16H2,1-12H3/t23-,24-,25-,26+,27-,28+,29-,30-/m1/s1. The second-order valence-corrected chi connectivity index (χ2v) is 25.2. The topological polar surface area (TPSA) is 122 Å². The van der Waals surface area contributed by atoms with Crippen LogP contribution in [0.2, 0.25) is 33.2 Å². The van der Waals surface area contributed by atoms with E-state index in [1.165, 1.54) is 6.26 Å². The summed E-state index contributed by atoms with van der Waals surface area (Å²) in [6, 6.07) is 0. The lowest BCUT2D eigenvalue weighted by atomic mass is 9.99. The first-order valence-corrected chi connectivity index (χ1v) is 20.4.